The molecule has 2 rings (SSSR count). The highest BCUT2D eigenvalue weighted by Gasteiger charge is 2.27. The summed E-state index contributed by atoms with van der Waals surface area (Å²) in [6, 6.07) is 1.76. The van der Waals surface area contributed by atoms with Crippen molar-refractivity contribution < 1.29 is 15.0 Å². The maximum absolute atomic E-state index is 12.0. The zero-order valence-corrected chi connectivity index (χ0v) is 11.3. The molecule has 1 amide bonds. The first-order valence-electron chi connectivity index (χ1n) is 6.79. The van der Waals surface area contributed by atoms with E-state index in [1.54, 1.807) is 18.5 Å². The number of aromatic nitrogens is 2. The van der Waals surface area contributed by atoms with Crippen molar-refractivity contribution in [1.29, 1.82) is 0 Å². The number of anilines is 1. The molecule has 2 heterocycles. The molecule has 0 spiro atoms. The van der Waals surface area contributed by atoms with Crippen LogP contribution in [0.5, 0.6) is 0 Å². The Balaban J connectivity index is 1.88. The Labute approximate surface area is 117 Å². The molecule has 1 aromatic heterocycles. The quantitative estimate of drug-likeness (QED) is 0.650. The Morgan fingerprint density at radius 2 is 2.25 bits per heavy atom. The maximum atomic E-state index is 12.0. The van der Waals surface area contributed by atoms with Crippen LogP contribution in [0.15, 0.2) is 18.5 Å². The molecule has 0 bridgehead atoms. The van der Waals surface area contributed by atoms with Gasteiger partial charge in [0.2, 0.25) is 11.9 Å². The van der Waals surface area contributed by atoms with Gasteiger partial charge < -0.3 is 20.4 Å². The number of rotatable bonds is 5. The van der Waals surface area contributed by atoms with Crippen LogP contribution >= 0.6 is 0 Å². The van der Waals surface area contributed by atoms with Crippen LogP contribution in [0.2, 0.25) is 0 Å². The lowest BCUT2D eigenvalue weighted by Gasteiger charge is -2.32. The largest absolute Gasteiger partial charge is 0.394 e. The second-order valence-corrected chi connectivity index (χ2v) is 4.92. The lowest BCUT2D eigenvalue weighted by atomic mass is 9.97. The predicted octanol–water partition coefficient (Wildman–Crippen LogP) is -0.838. The number of aliphatic hydroxyl groups excluding tert-OH is 2. The number of hydrogen-bond acceptors (Lipinski definition) is 6. The molecule has 1 aromatic rings. The first kappa shape index (κ1) is 14.7. The molecule has 0 saturated carbocycles. The van der Waals surface area contributed by atoms with Gasteiger partial charge in [-0.1, -0.05) is 0 Å². The third-order valence-corrected chi connectivity index (χ3v) is 3.35. The van der Waals surface area contributed by atoms with Crippen molar-refractivity contribution in [2.45, 2.75) is 18.9 Å². The molecule has 0 aliphatic carbocycles. The molecule has 7 heteroatoms. The molecule has 0 radical (unpaired) electrons. The second-order valence-electron chi connectivity index (χ2n) is 4.92. The van der Waals surface area contributed by atoms with Gasteiger partial charge in [-0.3, -0.25) is 4.79 Å². The minimum Gasteiger partial charge on any atom is -0.394 e. The van der Waals surface area contributed by atoms with Crippen molar-refractivity contribution in [2.24, 2.45) is 5.92 Å². The second kappa shape index (κ2) is 7.16. The van der Waals surface area contributed by atoms with Crippen molar-refractivity contribution in [1.82, 2.24) is 15.3 Å². The van der Waals surface area contributed by atoms with Crippen LogP contribution in [-0.4, -0.2) is 58.4 Å². The summed E-state index contributed by atoms with van der Waals surface area (Å²) < 4.78 is 0. The van der Waals surface area contributed by atoms with Gasteiger partial charge in [0.15, 0.2) is 0 Å². The van der Waals surface area contributed by atoms with E-state index in [0.717, 1.165) is 19.4 Å². The first-order chi connectivity index (χ1) is 9.70. The van der Waals surface area contributed by atoms with Crippen molar-refractivity contribution in [3.63, 3.8) is 0 Å². The molecule has 110 valence electrons. The van der Waals surface area contributed by atoms with E-state index < -0.39 is 6.10 Å². The molecule has 1 saturated heterocycles. The third kappa shape index (κ3) is 3.88. The van der Waals surface area contributed by atoms with Gasteiger partial charge in [0.25, 0.3) is 0 Å². The fourth-order valence-corrected chi connectivity index (χ4v) is 2.25. The number of amides is 1. The van der Waals surface area contributed by atoms with E-state index in [-0.39, 0.29) is 25.0 Å². The Morgan fingerprint density at radius 1 is 1.50 bits per heavy atom. The summed E-state index contributed by atoms with van der Waals surface area (Å²) in [5, 5.41) is 20.6. The fourth-order valence-electron chi connectivity index (χ4n) is 2.25. The van der Waals surface area contributed by atoms with Crippen molar-refractivity contribution in [3.8, 4) is 0 Å². The van der Waals surface area contributed by atoms with E-state index in [9.17, 15) is 9.90 Å². The summed E-state index contributed by atoms with van der Waals surface area (Å²) in [5.41, 5.74) is 0. The number of carbonyl (C=O) groups excluding carboxylic acids is 1. The minimum atomic E-state index is -0.906. The minimum absolute atomic E-state index is 0.0771. The number of hydrogen-bond donors (Lipinski definition) is 3. The van der Waals surface area contributed by atoms with Crippen molar-refractivity contribution in [2.75, 3.05) is 31.1 Å². The zero-order valence-electron chi connectivity index (χ0n) is 11.3. The van der Waals surface area contributed by atoms with Gasteiger partial charge in [0, 0.05) is 32.0 Å². The summed E-state index contributed by atoms with van der Waals surface area (Å²) in [6.07, 6.45) is 4.17. The summed E-state index contributed by atoms with van der Waals surface area (Å²) >= 11 is 0. The van der Waals surface area contributed by atoms with Gasteiger partial charge in [0.1, 0.15) is 0 Å². The highest BCUT2D eigenvalue weighted by molar-refractivity contribution is 5.79. The van der Waals surface area contributed by atoms with E-state index in [4.69, 9.17) is 5.11 Å². The van der Waals surface area contributed by atoms with Crippen LogP contribution < -0.4 is 10.2 Å². The molecular formula is C13H20N4O3. The first-order valence-corrected chi connectivity index (χ1v) is 6.79. The number of nitrogens with zero attached hydrogens (tertiary/aromatic N) is 3. The Hall–Kier alpha value is -1.73. The van der Waals surface area contributed by atoms with Gasteiger partial charge in [-0.2, -0.15) is 0 Å². The average molecular weight is 280 g/mol. The zero-order chi connectivity index (χ0) is 14.4. The molecule has 2 atom stereocenters. The molecule has 20 heavy (non-hydrogen) atoms. The Bertz CT molecular complexity index is 429. The molecule has 0 aromatic carbocycles. The number of piperidine rings is 1. The van der Waals surface area contributed by atoms with E-state index in [2.05, 4.69) is 15.3 Å². The van der Waals surface area contributed by atoms with Crippen LogP contribution in [0.1, 0.15) is 12.8 Å². The Morgan fingerprint density at radius 3 is 2.95 bits per heavy atom. The van der Waals surface area contributed by atoms with E-state index in [0.29, 0.717) is 12.5 Å². The number of nitrogens with one attached hydrogen (secondary N) is 1. The summed E-state index contributed by atoms with van der Waals surface area (Å²) in [4.78, 5) is 22.4. The van der Waals surface area contributed by atoms with Gasteiger partial charge in [-0.25, -0.2) is 9.97 Å². The van der Waals surface area contributed by atoms with Gasteiger partial charge in [-0.15, -0.1) is 0 Å². The number of carbonyl (C=O) groups is 1. The lowest BCUT2D eigenvalue weighted by molar-refractivity contribution is -0.125. The molecule has 0 unspecified atom stereocenters. The smallest absolute Gasteiger partial charge is 0.225 e. The normalized spacial score (nSPS) is 20.5. The number of aliphatic hydroxyl groups is 2. The van der Waals surface area contributed by atoms with Crippen molar-refractivity contribution in [3.05, 3.63) is 18.5 Å². The fraction of sp³-hybridized carbons (Fsp3) is 0.615. The standard InChI is InChI=1S/C13H20N4O3/c18-9-11(19)7-16-12(20)10-3-1-6-17(8-10)13-14-4-2-5-15-13/h2,4-5,10-11,18-19H,1,3,6-9H2,(H,16,20)/t10-,11-/m1/s1. The Kier molecular flexibility index (Phi) is 5.25. The van der Waals surface area contributed by atoms with E-state index in [1.165, 1.54) is 0 Å². The highest BCUT2D eigenvalue weighted by atomic mass is 16.3. The highest BCUT2D eigenvalue weighted by Crippen LogP contribution is 2.19. The molecule has 1 aliphatic heterocycles. The summed E-state index contributed by atoms with van der Waals surface area (Å²) in [5.74, 6) is 0.400. The van der Waals surface area contributed by atoms with Crippen LogP contribution in [0.3, 0.4) is 0 Å². The lowest BCUT2D eigenvalue weighted by Crippen LogP contribution is -2.45. The van der Waals surface area contributed by atoms with E-state index in [1.807, 2.05) is 4.90 Å². The third-order valence-electron chi connectivity index (χ3n) is 3.35. The topological polar surface area (TPSA) is 98.6 Å². The summed E-state index contributed by atoms with van der Waals surface area (Å²) in [6.45, 7) is 1.14. The van der Waals surface area contributed by atoms with Crippen LogP contribution in [-0.2, 0) is 4.79 Å². The van der Waals surface area contributed by atoms with Gasteiger partial charge in [-0.05, 0) is 18.9 Å². The molecule has 3 N–H and O–H groups in total. The monoisotopic (exact) mass is 280 g/mol. The van der Waals surface area contributed by atoms with Crippen LogP contribution in [0.4, 0.5) is 5.95 Å². The molecule has 7 nitrogen and oxygen atoms in total. The van der Waals surface area contributed by atoms with Crippen LogP contribution in [0, 0.1) is 5.92 Å². The van der Waals surface area contributed by atoms with Gasteiger partial charge in [0.05, 0.1) is 18.6 Å². The van der Waals surface area contributed by atoms with Gasteiger partial charge >= 0.3 is 0 Å². The molecule has 1 fully saturated rings. The molecular weight excluding hydrogens is 260 g/mol. The van der Waals surface area contributed by atoms with Crippen molar-refractivity contribution >= 4 is 11.9 Å². The van der Waals surface area contributed by atoms with E-state index >= 15 is 0 Å². The molecule has 1 aliphatic rings. The average Bonchev–Trinajstić information content (AvgIpc) is 2.53. The maximum Gasteiger partial charge on any atom is 0.225 e. The predicted molar refractivity (Wildman–Crippen MR) is 73.1 cm³/mol. The summed E-state index contributed by atoms with van der Waals surface area (Å²) in [7, 11) is 0. The van der Waals surface area contributed by atoms with Crippen LogP contribution in [0.25, 0.3) is 0 Å². The SMILES string of the molecule is O=C(NC[C@@H](O)CO)[C@@H]1CCCN(c2ncccn2)C1.